The Kier molecular flexibility index (Phi) is 5.44. The van der Waals surface area contributed by atoms with Crippen LogP contribution in [0, 0.1) is 5.92 Å². The van der Waals surface area contributed by atoms with Gasteiger partial charge in [0.1, 0.15) is 17.8 Å². The summed E-state index contributed by atoms with van der Waals surface area (Å²) in [6.45, 7) is 1.65. The van der Waals surface area contributed by atoms with Crippen LogP contribution in [0.1, 0.15) is 32.6 Å². The molecule has 0 bridgehead atoms. The van der Waals surface area contributed by atoms with E-state index in [0.717, 1.165) is 24.2 Å². The number of nitrogens with one attached hydrogen (secondary N) is 2. The molecular weight excluding hydrogens is 382 g/mol. The third kappa shape index (κ3) is 3.75. The van der Waals surface area contributed by atoms with Crippen LogP contribution in [0.4, 0.5) is 10.5 Å². The summed E-state index contributed by atoms with van der Waals surface area (Å²) in [5, 5.41) is 5.63. The van der Waals surface area contributed by atoms with Crippen molar-refractivity contribution in [2.24, 2.45) is 5.92 Å². The van der Waals surface area contributed by atoms with Crippen LogP contribution in [-0.2, 0) is 9.59 Å². The summed E-state index contributed by atoms with van der Waals surface area (Å²) in [7, 11) is 0. The fourth-order valence-electron chi connectivity index (χ4n) is 4.25. The van der Waals surface area contributed by atoms with Gasteiger partial charge >= 0.3 is 6.03 Å². The summed E-state index contributed by atoms with van der Waals surface area (Å²) in [5.74, 6) is 0.413. The van der Waals surface area contributed by atoms with Crippen molar-refractivity contribution in [3.8, 4) is 11.5 Å². The largest absolute Gasteiger partial charge is 0.455 e. The van der Waals surface area contributed by atoms with Gasteiger partial charge in [-0.15, -0.1) is 0 Å². The smallest absolute Gasteiger partial charge is 0.325 e. The first-order valence-electron chi connectivity index (χ1n) is 10.3. The molecule has 2 fully saturated rings. The minimum Gasteiger partial charge on any atom is -0.455 e. The second-order valence-corrected chi connectivity index (χ2v) is 7.90. The van der Waals surface area contributed by atoms with Gasteiger partial charge in [0.25, 0.3) is 5.91 Å². The Morgan fingerprint density at radius 3 is 2.63 bits per heavy atom. The van der Waals surface area contributed by atoms with Crippen molar-refractivity contribution in [3.05, 3.63) is 54.6 Å². The summed E-state index contributed by atoms with van der Waals surface area (Å²) in [4.78, 5) is 39.2. The fraction of sp³-hybridized carbons (Fsp3) is 0.348. The Morgan fingerprint density at radius 1 is 1.13 bits per heavy atom. The molecule has 2 atom stereocenters. The molecule has 1 saturated heterocycles. The van der Waals surface area contributed by atoms with E-state index < -0.39 is 17.5 Å². The van der Waals surface area contributed by atoms with Crippen molar-refractivity contribution >= 4 is 23.5 Å². The number of hydrogen-bond acceptors (Lipinski definition) is 4. The highest BCUT2D eigenvalue weighted by Gasteiger charge is 2.55. The molecule has 156 valence electrons. The number of urea groups is 1. The normalized spacial score (nSPS) is 23.4. The van der Waals surface area contributed by atoms with E-state index in [-0.39, 0.29) is 18.4 Å². The number of imide groups is 1. The quantitative estimate of drug-likeness (QED) is 0.736. The lowest BCUT2D eigenvalue weighted by Gasteiger charge is -2.36. The molecule has 1 aliphatic carbocycles. The zero-order valence-corrected chi connectivity index (χ0v) is 16.9. The average molecular weight is 407 g/mol. The predicted octanol–water partition coefficient (Wildman–Crippen LogP) is 3.92. The third-order valence-electron chi connectivity index (χ3n) is 5.94. The van der Waals surface area contributed by atoms with E-state index in [1.807, 2.05) is 37.3 Å². The molecule has 7 heteroatoms. The molecule has 2 aromatic rings. The van der Waals surface area contributed by atoms with Gasteiger partial charge in [-0.05, 0) is 43.0 Å². The van der Waals surface area contributed by atoms with Crippen LogP contribution in [0.2, 0.25) is 0 Å². The highest BCUT2D eigenvalue weighted by Crippen LogP contribution is 2.38. The van der Waals surface area contributed by atoms with Crippen molar-refractivity contribution in [2.75, 3.05) is 11.9 Å². The molecule has 1 aliphatic heterocycles. The predicted molar refractivity (Wildman–Crippen MR) is 112 cm³/mol. The van der Waals surface area contributed by atoms with E-state index in [1.165, 1.54) is 0 Å². The number of carbonyl (C=O) groups excluding carboxylic acids is 3. The van der Waals surface area contributed by atoms with Crippen molar-refractivity contribution in [3.63, 3.8) is 0 Å². The van der Waals surface area contributed by atoms with Gasteiger partial charge in [-0.3, -0.25) is 14.5 Å². The summed E-state index contributed by atoms with van der Waals surface area (Å²) in [6.07, 6.45) is 3.44. The van der Waals surface area contributed by atoms with E-state index in [1.54, 1.807) is 24.3 Å². The van der Waals surface area contributed by atoms with Gasteiger partial charge in [0.05, 0.1) is 5.69 Å². The zero-order valence-electron chi connectivity index (χ0n) is 16.9. The molecule has 2 unspecified atom stereocenters. The number of carbonyl (C=O) groups is 3. The molecule has 7 nitrogen and oxygen atoms in total. The molecule has 0 radical (unpaired) electrons. The number of hydrogen-bond donors (Lipinski definition) is 2. The zero-order chi connectivity index (χ0) is 21.1. The van der Waals surface area contributed by atoms with Crippen LogP contribution in [0.3, 0.4) is 0 Å². The lowest BCUT2D eigenvalue weighted by molar-refractivity contribution is -0.136. The highest BCUT2D eigenvalue weighted by atomic mass is 16.5. The van der Waals surface area contributed by atoms with Gasteiger partial charge in [-0.25, -0.2) is 4.79 Å². The lowest BCUT2D eigenvalue weighted by atomic mass is 9.73. The Labute approximate surface area is 175 Å². The molecule has 0 aromatic heterocycles. The first-order chi connectivity index (χ1) is 14.5. The first kappa shape index (κ1) is 19.9. The van der Waals surface area contributed by atoms with E-state index in [0.29, 0.717) is 23.6 Å². The maximum Gasteiger partial charge on any atom is 0.325 e. The molecule has 1 heterocycles. The lowest BCUT2D eigenvalue weighted by Crippen LogP contribution is -2.54. The van der Waals surface area contributed by atoms with E-state index >= 15 is 0 Å². The standard InChI is InChI=1S/C23H25N3O4/c1-16-9-7-8-14-23(16)21(28)26(22(29)25-23)15-20(27)24-18-12-5-6-13-19(18)30-17-10-3-2-4-11-17/h2-6,10-13,16H,7-9,14-15H2,1H3,(H,24,27)(H,25,29). The minimum atomic E-state index is -0.871. The summed E-state index contributed by atoms with van der Waals surface area (Å²) < 4.78 is 5.85. The SMILES string of the molecule is CC1CCCCC12NC(=O)N(CC(=O)Nc1ccccc1Oc1ccccc1)C2=O. The first-order valence-corrected chi connectivity index (χ1v) is 10.3. The second-order valence-electron chi connectivity index (χ2n) is 7.90. The monoisotopic (exact) mass is 407 g/mol. The van der Waals surface area contributed by atoms with Gasteiger partial charge in [0.2, 0.25) is 5.91 Å². The molecule has 1 spiro atoms. The molecule has 2 N–H and O–H groups in total. The van der Waals surface area contributed by atoms with Crippen molar-refractivity contribution in [2.45, 2.75) is 38.1 Å². The molecular formula is C23H25N3O4. The van der Waals surface area contributed by atoms with Crippen LogP contribution >= 0.6 is 0 Å². The summed E-state index contributed by atoms with van der Waals surface area (Å²) >= 11 is 0. The highest BCUT2D eigenvalue weighted by molar-refractivity contribution is 6.10. The number of benzene rings is 2. The van der Waals surface area contributed by atoms with E-state index in [2.05, 4.69) is 10.6 Å². The molecule has 4 amide bonds. The number of para-hydroxylation sites is 3. The molecule has 30 heavy (non-hydrogen) atoms. The molecule has 1 saturated carbocycles. The Hall–Kier alpha value is -3.35. The Bertz CT molecular complexity index is 962. The maximum absolute atomic E-state index is 13.0. The number of rotatable bonds is 5. The summed E-state index contributed by atoms with van der Waals surface area (Å²) in [5.41, 5.74) is -0.400. The van der Waals surface area contributed by atoms with E-state index in [9.17, 15) is 14.4 Å². The van der Waals surface area contributed by atoms with Crippen molar-refractivity contribution < 1.29 is 19.1 Å². The average Bonchev–Trinajstić information content (AvgIpc) is 2.97. The van der Waals surface area contributed by atoms with Crippen LogP contribution in [0.25, 0.3) is 0 Å². The number of anilines is 1. The van der Waals surface area contributed by atoms with Gasteiger partial charge in [0, 0.05) is 0 Å². The Balaban J connectivity index is 1.45. The van der Waals surface area contributed by atoms with Gasteiger partial charge in [-0.2, -0.15) is 0 Å². The second kappa shape index (κ2) is 8.18. The van der Waals surface area contributed by atoms with Gasteiger partial charge < -0.3 is 15.4 Å². The minimum absolute atomic E-state index is 0.0516. The Morgan fingerprint density at radius 2 is 1.87 bits per heavy atom. The van der Waals surface area contributed by atoms with Crippen molar-refractivity contribution in [1.29, 1.82) is 0 Å². The van der Waals surface area contributed by atoms with E-state index in [4.69, 9.17) is 4.74 Å². The maximum atomic E-state index is 13.0. The molecule has 2 aliphatic rings. The van der Waals surface area contributed by atoms with Gasteiger partial charge in [-0.1, -0.05) is 50.1 Å². The van der Waals surface area contributed by atoms with Crippen LogP contribution in [-0.4, -0.2) is 34.8 Å². The topological polar surface area (TPSA) is 87.7 Å². The van der Waals surface area contributed by atoms with Crippen LogP contribution in [0.5, 0.6) is 11.5 Å². The van der Waals surface area contributed by atoms with Crippen molar-refractivity contribution in [1.82, 2.24) is 10.2 Å². The number of amides is 4. The molecule has 2 aromatic carbocycles. The number of ether oxygens (including phenoxy) is 1. The fourth-order valence-corrected chi connectivity index (χ4v) is 4.25. The summed E-state index contributed by atoms with van der Waals surface area (Å²) in [6, 6.07) is 15.8. The van der Waals surface area contributed by atoms with Crippen LogP contribution in [0.15, 0.2) is 54.6 Å². The molecule has 4 rings (SSSR count). The van der Waals surface area contributed by atoms with Crippen LogP contribution < -0.4 is 15.4 Å². The number of nitrogens with zero attached hydrogens (tertiary/aromatic N) is 1. The van der Waals surface area contributed by atoms with Gasteiger partial charge in [0.15, 0.2) is 5.75 Å². The third-order valence-corrected chi connectivity index (χ3v) is 5.94.